The van der Waals surface area contributed by atoms with Gasteiger partial charge in [0, 0.05) is 18.7 Å². The third-order valence-corrected chi connectivity index (χ3v) is 4.33. The molecule has 0 saturated carbocycles. The number of methoxy groups -OCH3 is 1. The van der Waals surface area contributed by atoms with Gasteiger partial charge in [-0.25, -0.2) is 13.6 Å². The van der Waals surface area contributed by atoms with Gasteiger partial charge in [-0.3, -0.25) is 0 Å². The van der Waals surface area contributed by atoms with Crippen LogP contribution in [0, 0.1) is 11.6 Å². The van der Waals surface area contributed by atoms with Gasteiger partial charge in [0.05, 0.1) is 7.11 Å². The molecule has 0 saturated heterocycles. The molecule has 0 aliphatic carbocycles. The molecule has 0 spiro atoms. The normalized spacial score (nSPS) is 10.9. The van der Waals surface area contributed by atoms with Crippen molar-refractivity contribution in [2.24, 2.45) is 5.73 Å². The Kier molecular flexibility index (Phi) is 10.3. The highest BCUT2D eigenvalue weighted by atomic mass is 35.5. The van der Waals surface area contributed by atoms with E-state index in [1.165, 1.54) is 20.1 Å². The Morgan fingerprint density at radius 1 is 1.03 bits per heavy atom. The molecule has 0 bridgehead atoms. The molecule has 33 heavy (non-hydrogen) atoms. The third-order valence-electron chi connectivity index (χ3n) is 4.33. The molecule has 1 heterocycles. The van der Waals surface area contributed by atoms with Crippen LogP contribution >= 0.6 is 24.8 Å². The first-order valence-corrected chi connectivity index (χ1v) is 9.22. The van der Waals surface area contributed by atoms with E-state index in [9.17, 15) is 13.6 Å². The molecular formula is C22H22Cl2F2N2O5. The molecule has 3 N–H and O–H groups in total. The van der Waals surface area contributed by atoms with Gasteiger partial charge >= 0.3 is 5.97 Å². The molecule has 11 heteroatoms. The molecule has 1 unspecified atom stereocenters. The Morgan fingerprint density at radius 2 is 1.70 bits per heavy atom. The fourth-order valence-electron chi connectivity index (χ4n) is 2.71. The average molecular weight is 503 g/mol. The fraction of sp³-hybridized carbons (Fsp3) is 0.182. The van der Waals surface area contributed by atoms with Crippen molar-refractivity contribution in [3.8, 4) is 34.4 Å². The predicted octanol–water partition coefficient (Wildman–Crippen LogP) is 4.98. The van der Waals surface area contributed by atoms with Gasteiger partial charge in [-0.2, -0.15) is 4.98 Å². The number of benzene rings is 2. The number of rotatable bonds is 8. The largest absolute Gasteiger partial charge is 0.497 e. The van der Waals surface area contributed by atoms with E-state index in [1.54, 1.807) is 12.1 Å². The zero-order valence-electron chi connectivity index (χ0n) is 17.6. The third kappa shape index (κ3) is 6.92. The van der Waals surface area contributed by atoms with E-state index in [0.29, 0.717) is 23.9 Å². The lowest BCUT2D eigenvalue weighted by atomic mass is 10.0. The summed E-state index contributed by atoms with van der Waals surface area (Å²) in [6.45, 7) is 1.56. The maximum atomic E-state index is 14.3. The lowest BCUT2D eigenvalue weighted by Crippen LogP contribution is -2.24. The van der Waals surface area contributed by atoms with Crippen LogP contribution in [0.15, 0.2) is 48.5 Å². The van der Waals surface area contributed by atoms with Crippen LogP contribution in [0.25, 0.3) is 11.1 Å². The van der Waals surface area contributed by atoms with Gasteiger partial charge in [0.1, 0.15) is 11.5 Å². The second-order valence-electron chi connectivity index (χ2n) is 6.56. The van der Waals surface area contributed by atoms with Crippen LogP contribution < -0.4 is 19.9 Å². The number of carboxylic acids is 1. The summed E-state index contributed by atoms with van der Waals surface area (Å²) in [5.41, 5.74) is 8.17. The predicted molar refractivity (Wildman–Crippen MR) is 123 cm³/mol. The van der Waals surface area contributed by atoms with Crippen molar-refractivity contribution in [1.82, 2.24) is 4.98 Å². The summed E-state index contributed by atoms with van der Waals surface area (Å²) >= 11 is 0. The summed E-state index contributed by atoms with van der Waals surface area (Å²) in [5, 5.41) is 8.92. The maximum Gasteiger partial charge on any atom is 0.344 e. The van der Waals surface area contributed by atoms with Crippen molar-refractivity contribution in [3.05, 3.63) is 65.7 Å². The van der Waals surface area contributed by atoms with Gasteiger partial charge in [0.15, 0.2) is 17.7 Å². The lowest BCUT2D eigenvalue weighted by molar-refractivity contribution is -0.144. The lowest BCUT2D eigenvalue weighted by Gasteiger charge is -2.14. The molecule has 1 aromatic heterocycles. The zero-order chi connectivity index (χ0) is 22.5. The van der Waals surface area contributed by atoms with Crippen molar-refractivity contribution >= 4 is 30.8 Å². The van der Waals surface area contributed by atoms with E-state index >= 15 is 0 Å². The number of hydrogen-bond donors (Lipinski definition) is 2. The van der Waals surface area contributed by atoms with Crippen LogP contribution in [0.3, 0.4) is 0 Å². The Balaban J connectivity index is 0.00000272. The summed E-state index contributed by atoms with van der Waals surface area (Å²) in [7, 11) is 1.47. The number of aromatic nitrogens is 1. The molecule has 0 aliphatic heterocycles. The molecule has 3 rings (SSSR count). The van der Waals surface area contributed by atoms with Crippen LogP contribution in [0.4, 0.5) is 8.78 Å². The highest BCUT2D eigenvalue weighted by Crippen LogP contribution is 2.34. The summed E-state index contributed by atoms with van der Waals surface area (Å²) in [6.07, 6.45) is -1.39. The van der Waals surface area contributed by atoms with Crippen molar-refractivity contribution in [2.75, 3.05) is 7.11 Å². The number of carbonyl (C=O) groups is 1. The minimum Gasteiger partial charge on any atom is -0.497 e. The first-order chi connectivity index (χ1) is 14.8. The fourth-order valence-corrected chi connectivity index (χ4v) is 2.71. The van der Waals surface area contributed by atoms with E-state index in [4.69, 9.17) is 25.1 Å². The molecule has 0 radical (unpaired) electrons. The first kappa shape index (κ1) is 27.9. The van der Waals surface area contributed by atoms with Crippen molar-refractivity contribution in [2.45, 2.75) is 19.6 Å². The van der Waals surface area contributed by atoms with E-state index in [-0.39, 0.29) is 30.6 Å². The van der Waals surface area contributed by atoms with Crippen LogP contribution in [0.5, 0.6) is 23.3 Å². The zero-order valence-corrected chi connectivity index (χ0v) is 19.2. The van der Waals surface area contributed by atoms with Gasteiger partial charge in [0.2, 0.25) is 0 Å². The average Bonchev–Trinajstić information content (AvgIpc) is 2.76. The van der Waals surface area contributed by atoms with Crippen molar-refractivity contribution in [3.63, 3.8) is 0 Å². The first-order valence-electron chi connectivity index (χ1n) is 9.22. The number of nitrogens with zero attached hydrogens (tertiary/aromatic N) is 1. The summed E-state index contributed by atoms with van der Waals surface area (Å²) in [6, 6.07) is 12.9. The highest BCUT2D eigenvalue weighted by Gasteiger charge is 2.20. The monoisotopic (exact) mass is 502 g/mol. The van der Waals surface area contributed by atoms with Crippen LogP contribution in [0.1, 0.15) is 12.5 Å². The van der Waals surface area contributed by atoms with Gasteiger partial charge in [-0.05, 0) is 41.8 Å². The van der Waals surface area contributed by atoms with E-state index in [2.05, 4.69) is 4.98 Å². The number of nitrogens with two attached hydrogens (primary N) is 1. The number of aliphatic carboxylic acids is 1. The molecular weight excluding hydrogens is 481 g/mol. The van der Waals surface area contributed by atoms with Gasteiger partial charge in [-0.1, -0.05) is 18.2 Å². The van der Waals surface area contributed by atoms with Gasteiger partial charge in [0.25, 0.3) is 11.8 Å². The highest BCUT2D eigenvalue weighted by molar-refractivity contribution is 5.85. The Hall–Kier alpha value is -3.14. The van der Waals surface area contributed by atoms with Crippen LogP contribution in [-0.2, 0) is 11.3 Å². The van der Waals surface area contributed by atoms with Crippen molar-refractivity contribution < 1.29 is 32.9 Å². The van der Waals surface area contributed by atoms with Crippen molar-refractivity contribution in [1.29, 1.82) is 0 Å². The molecule has 7 nitrogen and oxygen atoms in total. The SMILES string of the molecule is COc1cc(Oc2nc(OC(C)C(=O)O)c(F)cc2F)cc(-c2cccc(CN)c2)c1.Cl.Cl. The number of halogens is 4. The number of ether oxygens (including phenoxy) is 3. The second kappa shape index (κ2) is 12.2. The van der Waals surface area contributed by atoms with Crippen LogP contribution in [-0.4, -0.2) is 29.3 Å². The number of carboxylic acid groups (broad SMARTS) is 1. The van der Waals surface area contributed by atoms with Gasteiger partial charge < -0.3 is 25.1 Å². The van der Waals surface area contributed by atoms with Crippen LogP contribution in [0.2, 0.25) is 0 Å². The standard InChI is InChI=1S/C22H20F2N2O5.2ClH/c1-12(22(27)28)30-20-18(23)10-19(24)21(26-20)31-17-8-15(7-16(9-17)29-2)14-5-3-4-13(6-14)11-25;;/h3-10,12H,11,25H2,1-2H3,(H,27,28);2*1H. The Morgan fingerprint density at radius 3 is 2.33 bits per heavy atom. The molecule has 0 fully saturated rings. The smallest absolute Gasteiger partial charge is 0.344 e. The minimum atomic E-state index is -1.39. The molecule has 0 amide bonds. The summed E-state index contributed by atoms with van der Waals surface area (Å²) in [4.78, 5) is 14.6. The van der Waals surface area contributed by atoms with E-state index in [0.717, 1.165) is 11.1 Å². The topological polar surface area (TPSA) is 104 Å². The number of hydrogen-bond acceptors (Lipinski definition) is 6. The summed E-state index contributed by atoms with van der Waals surface area (Å²) < 4.78 is 44.0. The van der Waals surface area contributed by atoms with E-state index in [1.807, 2.05) is 24.3 Å². The number of pyridine rings is 1. The molecule has 3 aromatic rings. The quantitative estimate of drug-likeness (QED) is 0.447. The second-order valence-corrected chi connectivity index (χ2v) is 6.56. The summed E-state index contributed by atoms with van der Waals surface area (Å²) in [5.74, 6) is -4.23. The van der Waals surface area contributed by atoms with E-state index < -0.39 is 35.5 Å². The maximum absolute atomic E-state index is 14.3. The Labute approximate surface area is 201 Å². The molecule has 178 valence electrons. The Bertz CT molecular complexity index is 1120. The molecule has 1 atom stereocenters. The molecule has 0 aliphatic rings. The minimum absolute atomic E-state index is 0. The molecule has 2 aromatic carbocycles. The van der Waals surface area contributed by atoms with Gasteiger partial charge in [-0.15, -0.1) is 24.8 Å².